The van der Waals surface area contributed by atoms with Gasteiger partial charge < -0.3 is 5.32 Å². The van der Waals surface area contributed by atoms with Crippen LogP contribution in [-0.2, 0) is 16.6 Å². The molecular weight excluding hydrogens is 376 g/mol. The number of sulfonamides is 1. The summed E-state index contributed by atoms with van der Waals surface area (Å²) in [4.78, 5) is 0.227. The van der Waals surface area contributed by atoms with Crippen LogP contribution < -0.4 is 10.0 Å². The summed E-state index contributed by atoms with van der Waals surface area (Å²) < 4.78 is 26.7. The molecule has 0 aliphatic carbocycles. The summed E-state index contributed by atoms with van der Waals surface area (Å²) in [6.45, 7) is 0.556. The molecular formula is C14H14BrClN2O2S. The van der Waals surface area contributed by atoms with Gasteiger partial charge in [0.25, 0.3) is 0 Å². The highest BCUT2D eigenvalue weighted by Gasteiger charge is 2.11. The highest BCUT2D eigenvalue weighted by molar-refractivity contribution is 9.10. The van der Waals surface area contributed by atoms with Gasteiger partial charge in [-0.3, -0.25) is 0 Å². The highest BCUT2D eigenvalue weighted by Crippen LogP contribution is 2.23. The zero-order chi connectivity index (χ0) is 15.5. The van der Waals surface area contributed by atoms with E-state index in [1.807, 2.05) is 24.3 Å². The average molecular weight is 390 g/mol. The van der Waals surface area contributed by atoms with E-state index in [1.54, 1.807) is 18.2 Å². The molecule has 0 fully saturated rings. The lowest BCUT2D eigenvalue weighted by Gasteiger charge is -2.10. The van der Waals surface area contributed by atoms with Gasteiger partial charge in [0.05, 0.1) is 4.90 Å². The number of benzene rings is 2. The molecule has 7 heteroatoms. The van der Waals surface area contributed by atoms with Crippen molar-refractivity contribution in [1.82, 2.24) is 4.72 Å². The molecule has 0 aromatic heterocycles. The first-order valence-corrected chi connectivity index (χ1v) is 8.79. The van der Waals surface area contributed by atoms with Crippen molar-refractivity contribution in [2.45, 2.75) is 11.4 Å². The number of anilines is 1. The van der Waals surface area contributed by atoms with Crippen molar-refractivity contribution in [2.75, 3.05) is 12.4 Å². The third-order valence-electron chi connectivity index (χ3n) is 2.91. The predicted molar refractivity (Wildman–Crippen MR) is 89.2 cm³/mol. The van der Waals surface area contributed by atoms with Gasteiger partial charge in [0.1, 0.15) is 0 Å². The van der Waals surface area contributed by atoms with Crippen LogP contribution in [0.1, 0.15) is 5.56 Å². The van der Waals surface area contributed by atoms with E-state index in [-0.39, 0.29) is 4.90 Å². The fourth-order valence-corrected chi connectivity index (χ4v) is 3.35. The second-order valence-electron chi connectivity index (χ2n) is 4.32. The minimum Gasteiger partial charge on any atom is -0.381 e. The molecule has 0 heterocycles. The molecule has 0 saturated carbocycles. The van der Waals surface area contributed by atoms with Gasteiger partial charge in [-0.1, -0.05) is 39.7 Å². The van der Waals surface area contributed by atoms with E-state index in [0.29, 0.717) is 11.6 Å². The molecule has 0 aliphatic heterocycles. The first-order chi connectivity index (χ1) is 9.92. The van der Waals surface area contributed by atoms with Crippen LogP contribution >= 0.6 is 27.5 Å². The van der Waals surface area contributed by atoms with Crippen LogP contribution in [0.25, 0.3) is 0 Å². The maximum Gasteiger partial charge on any atom is 0.240 e. The van der Waals surface area contributed by atoms with Gasteiger partial charge in [-0.15, -0.1) is 0 Å². The highest BCUT2D eigenvalue weighted by atomic mass is 79.9. The number of nitrogens with one attached hydrogen (secondary N) is 2. The second-order valence-corrected chi connectivity index (χ2v) is 7.50. The van der Waals surface area contributed by atoms with Crippen LogP contribution in [0.3, 0.4) is 0 Å². The summed E-state index contributed by atoms with van der Waals surface area (Å²) in [6, 6.07) is 12.2. The molecule has 0 unspecified atom stereocenters. The molecule has 0 spiro atoms. The van der Waals surface area contributed by atoms with Crippen molar-refractivity contribution in [3.05, 3.63) is 57.5 Å². The lowest BCUT2D eigenvalue weighted by atomic mass is 10.2. The molecule has 0 amide bonds. The minimum absolute atomic E-state index is 0.227. The first kappa shape index (κ1) is 16.3. The lowest BCUT2D eigenvalue weighted by molar-refractivity contribution is 0.588. The lowest BCUT2D eigenvalue weighted by Crippen LogP contribution is -2.18. The van der Waals surface area contributed by atoms with Crippen LogP contribution in [0.2, 0.25) is 5.02 Å². The predicted octanol–water partition coefficient (Wildman–Crippen LogP) is 3.62. The van der Waals surface area contributed by atoms with Crippen molar-refractivity contribution < 1.29 is 8.42 Å². The number of rotatable bonds is 5. The molecule has 0 saturated heterocycles. The standard InChI is InChI=1S/C14H14BrClN2O2S/c1-17-21(19,20)13-4-2-3-12(8-13)18-9-10-5-6-11(16)7-14(10)15/h2-8,17-18H,9H2,1H3. The Bertz CT molecular complexity index is 750. The van der Waals surface area contributed by atoms with Crippen LogP contribution in [0.4, 0.5) is 5.69 Å². The molecule has 21 heavy (non-hydrogen) atoms. The first-order valence-electron chi connectivity index (χ1n) is 6.14. The number of hydrogen-bond acceptors (Lipinski definition) is 3. The van der Waals surface area contributed by atoms with E-state index < -0.39 is 10.0 Å². The summed E-state index contributed by atoms with van der Waals surface area (Å²) in [5, 5.41) is 3.85. The number of halogens is 2. The van der Waals surface area contributed by atoms with E-state index in [2.05, 4.69) is 26.0 Å². The summed E-state index contributed by atoms with van der Waals surface area (Å²) in [6.07, 6.45) is 0. The Hall–Kier alpha value is -1.08. The van der Waals surface area contributed by atoms with Gasteiger partial charge in [-0.05, 0) is 42.9 Å². The van der Waals surface area contributed by atoms with E-state index in [1.165, 1.54) is 7.05 Å². The number of hydrogen-bond donors (Lipinski definition) is 2. The fraction of sp³-hybridized carbons (Fsp3) is 0.143. The zero-order valence-corrected chi connectivity index (χ0v) is 14.4. The van der Waals surface area contributed by atoms with Gasteiger partial charge in [-0.2, -0.15) is 0 Å². The quantitative estimate of drug-likeness (QED) is 0.821. The van der Waals surface area contributed by atoms with Crippen molar-refractivity contribution in [2.24, 2.45) is 0 Å². The topological polar surface area (TPSA) is 58.2 Å². The molecule has 4 nitrogen and oxygen atoms in total. The Labute approximate surface area is 137 Å². The van der Waals surface area contributed by atoms with Crippen LogP contribution in [0.15, 0.2) is 51.8 Å². The van der Waals surface area contributed by atoms with Crippen molar-refractivity contribution in [3.8, 4) is 0 Å². The summed E-state index contributed by atoms with van der Waals surface area (Å²) in [5.74, 6) is 0. The van der Waals surface area contributed by atoms with Crippen molar-refractivity contribution in [3.63, 3.8) is 0 Å². The van der Waals surface area contributed by atoms with E-state index in [4.69, 9.17) is 11.6 Å². The molecule has 0 radical (unpaired) electrons. The third kappa shape index (κ3) is 4.20. The Morgan fingerprint density at radius 1 is 1.19 bits per heavy atom. The Morgan fingerprint density at radius 2 is 1.95 bits per heavy atom. The minimum atomic E-state index is -3.43. The van der Waals surface area contributed by atoms with Crippen LogP contribution in [-0.4, -0.2) is 15.5 Å². The summed E-state index contributed by atoms with van der Waals surface area (Å²) in [5.41, 5.74) is 1.76. The van der Waals surface area contributed by atoms with Gasteiger partial charge >= 0.3 is 0 Å². The Kier molecular flexibility index (Phi) is 5.27. The van der Waals surface area contributed by atoms with E-state index in [9.17, 15) is 8.42 Å². The largest absolute Gasteiger partial charge is 0.381 e. The molecule has 2 N–H and O–H groups in total. The van der Waals surface area contributed by atoms with Gasteiger partial charge in [0, 0.05) is 21.7 Å². The Balaban J connectivity index is 2.16. The summed E-state index contributed by atoms with van der Waals surface area (Å²) >= 11 is 9.34. The Morgan fingerprint density at radius 3 is 2.62 bits per heavy atom. The fourth-order valence-electron chi connectivity index (χ4n) is 1.75. The van der Waals surface area contributed by atoms with Crippen LogP contribution in [0.5, 0.6) is 0 Å². The SMILES string of the molecule is CNS(=O)(=O)c1cccc(NCc2ccc(Cl)cc2Br)c1. The molecule has 112 valence electrons. The molecule has 2 rings (SSSR count). The van der Waals surface area contributed by atoms with Crippen molar-refractivity contribution in [1.29, 1.82) is 0 Å². The van der Waals surface area contributed by atoms with Gasteiger partial charge in [0.15, 0.2) is 0 Å². The molecule has 2 aromatic carbocycles. The molecule has 0 aliphatic rings. The zero-order valence-electron chi connectivity index (χ0n) is 11.2. The maximum atomic E-state index is 11.8. The van der Waals surface area contributed by atoms with Crippen LogP contribution in [0, 0.1) is 0 Å². The van der Waals surface area contributed by atoms with Gasteiger partial charge in [0.2, 0.25) is 10.0 Å². The molecule has 0 atom stereocenters. The van der Waals surface area contributed by atoms with E-state index in [0.717, 1.165) is 15.7 Å². The van der Waals surface area contributed by atoms with Crippen molar-refractivity contribution >= 4 is 43.2 Å². The maximum absolute atomic E-state index is 11.8. The third-order valence-corrected chi connectivity index (χ3v) is 5.30. The normalized spacial score (nSPS) is 11.4. The van der Waals surface area contributed by atoms with E-state index >= 15 is 0 Å². The second kappa shape index (κ2) is 6.79. The van der Waals surface area contributed by atoms with Gasteiger partial charge in [-0.25, -0.2) is 13.1 Å². The smallest absolute Gasteiger partial charge is 0.240 e. The average Bonchev–Trinajstić information content (AvgIpc) is 2.46. The molecule has 2 aromatic rings. The monoisotopic (exact) mass is 388 g/mol. The molecule has 0 bridgehead atoms. The summed E-state index contributed by atoms with van der Waals surface area (Å²) in [7, 11) is -2.04.